The lowest BCUT2D eigenvalue weighted by molar-refractivity contribution is -0.895. The number of nitrogens with zero attached hydrogens (tertiary/aromatic N) is 3. The summed E-state index contributed by atoms with van der Waals surface area (Å²) in [7, 11) is 0. The van der Waals surface area contributed by atoms with Crippen molar-refractivity contribution in [3.05, 3.63) is 59.7 Å². The molecule has 30 heavy (non-hydrogen) atoms. The van der Waals surface area contributed by atoms with Crippen molar-refractivity contribution in [2.75, 3.05) is 37.6 Å². The van der Waals surface area contributed by atoms with E-state index in [1.165, 1.54) is 4.90 Å². The van der Waals surface area contributed by atoms with Gasteiger partial charge in [-0.15, -0.1) is 0 Å². The fraction of sp³-hybridized carbons (Fsp3) is 0.348. The van der Waals surface area contributed by atoms with Crippen molar-refractivity contribution in [1.82, 2.24) is 9.88 Å². The molecule has 6 nitrogen and oxygen atoms in total. The number of anilines is 1. The van der Waals surface area contributed by atoms with Gasteiger partial charge in [0.1, 0.15) is 0 Å². The van der Waals surface area contributed by atoms with Gasteiger partial charge in [-0.25, -0.2) is 4.98 Å². The second kappa shape index (κ2) is 8.93. The van der Waals surface area contributed by atoms with Gasteiger partial charge in [0, 0.05) is 6.92 Å². The highest BCUT2D eigenvalue weighted by Gasteiger charge is 2.28. The molecule has 7 heteroatoms. The summed E-state index contributed by atoms with van der Waals surface area (Å²) in [6.07, 6.45) is 0. The number of quaternary nitrogens is 1. The first kappa shape index (κ1) is 20.5. The first-order chi connectivity index (χ1) is 14.5. The lowest BCUT2D eigenvalue weighted by Gasteiger charge is -2.32. The molecule has 2 aromatic carbocycles. The molecule has 156 valence electrons. The Morgan fingerprint density at radius 1 is 1.10 bits per heavy atom. The van der Waals surface area contributed by atoms with Crippen LogP contribution < -0.4 is 9.80 Å². The summed E-state index contributed by atoms with van der Waals surface area (Å²) in [5.41, 5.74) is 3.16. The lowest BCUT2D eigenvalue weighted by Crippen LogP contribution is -3.15. The van der Waals surface area contributed by atoms with Crippen LogP contribution in [-0.2, 0) is 16.1 Å². The molecule has 1 fully saturated rings. The van der Waals surface area contributed by atoms with Crippen LogP contribution in [0, 0.1) is 6.92 Å². The summed E-state index contributed by atoms with van der Waals surface area (Å²) in [6, 6.07) is 16.2. The van der Waals surface area contributed by atoms with Crippen LogP contribution in [0.4, 0.5) is 5.13 Å². The van der Waals surface area contributed by atoms with Crippen molar-refractivity contribution in [3.63, 3.8) is 0 Å². The Balaban J connectivity index is 1.56. The summed E-state index contributed by atoms with van der Waals surface area (Å²) in [4.78, 5) is 34.7. The van der Waals surface area contributed by atoms with Crippen molar-refractivity contribution >= 4 is 38.5 Å². The molecule has 0 atom stereocenters. The quantitative estimate of drug-likeness (QED) is 0.682. The molecule has 1 N–H and O–H groups in total. The van der Waals surface area contributed by atoms with E-state index >= 15 is 0 Å². The molecular formula is C23H27N4O2S+. The summed E-state index contributed by atoms with van der Waals surface area (Å²) in [5, 5.41) is 0.745. The Morgan fingerprint density at radius 2 is 1.83 bits per heavy atom. The molecule has 4 rings (SSSR count). The van der Waals surface area contributed by atoms with Gasteiger partial charge in [0.25, 0.3) is 5.91 Å². The van der Waals surface area contributed by atoms with Gasteiger partial charge in [0.05, 0.1) is 42.9 Å². The standard InChI is InChI=1S/C23H26N4O2S/c1-17-7-6-10-20-22(17)24-23(30-20)27(15-19-8-4-3-5-9-19)21(29)16-25-11-13-26(14-12-25)18(2)28/h3-10H,11-16H2,1-2H3/p+1. The van der Waals surface area contributed by atoms with Crippen molar-refractivity contribution in [1.29, 1.82) is 0 Å². The number of hydrogen-bond acceptors (Lipinski definition) is 4. The van der Waals surface area contributed by atoms with Gasteiger partial charge in [-0.2, -0.15) is 0 Å². The average Bonchev–Trinajstić information content (AvgIpc) is 3.18. The topological polar surface area (TPSA) is 58.0 Å². The predicted octanol–water partition coefficient (Wildman–Crippen LogP) is 1.88. The van der Waals surface area contributed by atoms with Crippen molar-refractivity contribution < 1.29 is 14.5 Å². The molecular weight excluding hydrogens is 396 g/mol. The van der Waals surface area contributed by atoms with Gasteiger partial charge in [-0.05, 0) is 24.1 Å². The Kier molecular flexibility index (Phi) is 6.11. The minimum absolute atomic E-state index is 0.0711. The SMILES string of the molecule is CC(=O)N1CC[NH+](CC(=O)N(Cc2ccccc2)c2nc3c(C)cccc3s2)CC1. The van der Waals surface area contributed by atoms with Crippen molar-refractivity contribution in [2.24, 2.45) is 0 Å². The molecule has 1 aliphatic heterocycles. The number of para-hydroxylation sites is 1. The summed E-state index contributed by atoms with van der Waals surface area (Å²) < 4.78 is 1.10. The highest BCUT2D eigenvalue weighted by molar-refractivity contribution is 7.22. The normalized spacial score (nSPS) is 14.8. The molecule has 1 saturated heterocycles. The number of piperazine rings is 1. The first-order valence-corrected chi connectivity index (χ1v) is 11.1. The summed E-state index contributed by atoms with van der Waals surface area (Å²) >= 11 is 1.57. The third kappa shape index (κ3) is 4.52. The maximum absolute atomic E-state index is 13.4. The third-order valence-electron chi connectivity index (χ3n) is 5.64. The number of carbonyl (C=O) groups is 2. The second-order valence-corrected chi connectivity index (χ2v) is 8.83. The highest BCUT2D eigenvalue weighted by Crippen LogP contribution is 2.31. The lowest BCUT2D eigenvalue weighted by atomic mass is 10.2. The van der Waals surface area contributed by atoms with Gasteiger partial charge >= 0.3 is 0 Å². The number of rotatable bonds is 5. The number of benzene rings is 2. The van der Waals surface area contributed by atoms with Crippen LogP contribution in [0.5, 0.6) is 0 Å². The van der Waals surface area contributed by atoms with Crippen LogP contribution in [0.2, 0.25) is 0 Å². The number of hydrogen-bond donors (Lipinski definition) is 1. The third-order valence-corrected chi connectivity index (χ3v) is 6.69. The number of nitrogens with one attached hydrogen (secondary N) is 1. The number of thiazole rings is 1. The number of carbonyl (C=O) groups excluding carboxylic acids is 2. The molecule has 0 radical (unpaired) electrons. The maximum atomic E-state index is 13.4. The van der Waals surface area contributed by atoms with E-state index in [9.17, 15) is 9.59 Å². The van der Waals surface area contributed by atoms with Crippen molar-refractivity contribution in [2.45, 2.75) is 20.4 Å². The van der Waals surface area contributed by atoms with Crippen LogP contribution in [0.3, 0.4) is 0 Å². The van der Waals surface area contributed by atoms with E-state index in [2.05, 4.69) is 6.07 Å². The zero-order valence-electron chi connectivity index (χ0n) is 17.4. The molecule has 0 spiro atoms. The van der Waals surface area contributed by atoms with Gasteiger partial charge < -0.3 is 9.80 Å². The zero-order valence-corrected chi connectivity index (χ0v) is 18.2. The number of aryl methyl sites for hydroxylation is 1. The van der Waals surface area contributed by atoms with E-state index in [0.717, 1.165) is 39.6 Å². The van der Waals surface area contributed by atoms with E-state index in [-0.39, 0.29) is 11.8 Å². The monoisotopic (exact) mass is 423 g/mol. The fourth-order valence-electron chi connectivity index (χ4n) is 3.84. The molecule has 3 aromatic rings. The number of aromatic nitrogens is 1. The van der Waals surface area contributed by atoms with E-state index in [1.54, 1.807) is 18.3 Å². The van der Waals surface area contributed by atoms with E-state index in [4.69, 9.17) is 4.98 Å². The molecule has 0 unspecified atom stereocenters. The van der Waals surface area contributed by atoms with Crippen LogP contribution in [-0.4, -0.2) is 54.4 Å². The fourth-order valence-corrected chi connectivity index (χ4v) is 4.90. The Morgan fingerprint density at radius 3 is 2.50 bits per heavy atom. The number of amides is 2. The van der Waals surface area contributed by atoms with Crippen LogP contribution >= 0.6 is 11.3 Å². The maximum Gasteiger partial charge on any atom is 0.284 e. The molecule has 0 bridgehead atoms. The first-order valence-electron chi connectivity index (χ1n) is 10.3. The van der Waals surface area contributed by atoms with E-state index in [0.29, 0.717) is 26.2 Å². The average molecular weight is 424 g/mol. The smallest absolute Gasteiger partial charge is 0.284 e. The minimum atomic E-state index is 0.0711. The predicted molar refractivity (Wildman–Crippen MR) is 120 cm³/mol. The zero-order chi connectivity index (χ0) is 21.1. The number of fused-ring (bicyclic) bond motifs is 1. The second-order valence-electron chi connectivity index (χ2n) is 7.82. The molecule has 2 amide bonds. The molecule has 0 aliphatic carbocycles. The molecule has 1 aromatic heterocycles. The van der Waals surface area contributed by atoms with E-state index < -0.39 is 0 Å². The van der Waals surface area contributed by atoms with Crippen LogP contribution in [0.15, 0.2) is 48.5 Å². The van der Waals surface area contributed by atoms with Gasteiger partial charge in [0.2, 0.25) is 5.91 Å². The minimum Gasteiger partial charge on any atom is -0.332 e. The molecule has 1 aliphatic rings. The largest absolute Gasteiger partial charge is 0.332 e. The van der Waals surface area contributed by atoms with Gasteiger partial charge in [0.15, 0.2) is 11.7 Å². The summed E-state index contributed by atoms with van der Waals surface area (Å²) in [6.45, 7) is 7.57. The molecule has 0 saturated carbocycles. The molecule has 2 heterocycles. The Labute approximate surface area is 180 Å². The summed E-state index contributed by atoms with van der Waals surface area (Å²) in [5.74, 6) is 0.178. The highest BCUT2D eigenvalue weighted by atomic mass is 32.1. The van der Waals surface area contributed by atoms with Crippen LogP contribution in [0.25, 0.3) is 10.2 Å². The van der Waals surface area contributed by atoms with Gasteiger partial charge in [-0.3, -0.25) is 14.5 Å². The Bertz CT molecular complexity index is 1040. The van der Waals surface area contributed by atoms with Crippen molar-refractivity contribution in [3.8, 4) is 0 Å². The van der Waals surface area contributed by atoms with Gasteiger partial charge in [-0.1, -0.05) is 53.8 Å². The Hall–Kier alpha value is -2.77. The van der Waals surface area contributed by atoms with E-state index in [1.807, 2.05) is 59.2 Å². The van der Waals surface area contributed by atoms with Crippen LogP contribution in [0.1, 0.15) is 18.1 Å².